The number of hydrogen-bond donors (Lipinski definition) is 0. The highest BCUT2D eigenvalue weighted by molar-refractivity contribution is 5.98. The van der Waals surface area contributed by atoms with E-state index in [2.05, 4.69) is 4.98 Å². The van der Waals surface area contributed by atoms with Crippen LogP contribution in [0.3, 0.4) is 0 Å². The molecule has 0 radical (unpaired) electrons. The summed E-state index contributed by atoms with van der Waals surface area (Å²) in [5, 5.41) is 0. The van der Waals surface area contributed by atoms with Gasteiger partial charge in [0.05, 0.1) is 33.4 Å². The van der Waals surface area contributed by atoms with Crippen molar-refractivity contribution in [2.45, 2.75) is 39.8 Å². The number of amides is 1. The van der Waals surface area contributed by atoms with Crippen LogP contribution in [0, 0.1) is 6.92 Å². The molecular weight excluding hydrogens is 460 g/mol. The van der Waals surface area contributed by atoms with E-state index in [1.165, 1.54) is 19.1 Å². The predicted molar refractivity (Wildman–Crippen MR) is 138 cm³/mol. The van der Waals surface area contributed by atoms with Crippen molar-refractivity contribution in [2.24, 2.45) is 0 Å². The Balaban J connectivity index is 2.15. The van der Waals surface area contributed by atoms with Crippen LogP contribution in [0.4, 0.5) is 10.5 Å². The number of aromatic nitrogens is 1. The number of methoxy groups -OCH3 is 3. The first kappa shape index (κ1) is 26.5. The Hall–Kier alpha value is -4.07. The molecule has 0 unspecified atom stereocenters. The molecule has 1 heterocycles. The van der Waals surface area contributed by atoms with Crippen LogP contribution >= 0.6 is 0 Å². The van der Waals surface area contributed by atoms with Crippen LogP contribution < -0.4 is 14.4 Å². The predicted octanol–water partition coefficient (Wildman–Crippen LogP) is 5.80. The zero-order valence-corrected chi connectivity index (χ0v) is 21.7. The fraction of sp³-hybridized carbons (Fsp3) is 0.321. The van der Waals surface area contributed by atoms with Crippen molar-refractivity contribution in [3.8, 4) is 22.6 Å². The van der Waals surface area contributed by atoms with E-state index in [4.69, 9.17) is 18.9 Å². The molecule has 0 saturated heterocycles. The molecule has 36 heavy (non-hydrogen) atoms. The fourth-order valence-electron chi connectivity index (χ4n) is 3.79. The van der Waals surface area contributed by atoms with Crippen molar-refractivity contribution in [3.63, 3.8) is 0 Å². The molecule has 0 N–H and O–H groups in total. The summed E-state index contributed by atoms with van der Waals surface area (Å²) < 4.78 is 21.6. The molecule has 0 fully saturated rings. The Labute approximate surface area is 211 Å². The first-order chi connectivity index (χ1) is 17.1. The monoisotopic (exact) mass is 492 g/mol. The lowest BCUT2D eigenvalue weighted by Crippen LogP contribution is -2.37. The second kappa shape index (κ2) is 11.1. The first-order valence-corrected chi connectivity index (χ1v) is 11.4. The number of carbonyl (C=O) groups is 2. The van der Waals surface area contributed by atoms with Crippen molar-refractivity contribution in [3.05, 3.63) is 71.5 Å². The molecule has 2 aromatic carbocycles. The second-order valence-corrected chi connectivity index (χ2v) is 9.15. The maximum absolute atomic E-state index is 13.4. The lowest BCUT2D eigenvalue weighted by atomic mass is 9.97. The van der Waals surface area contributed by atoms with E-state index in [1.807, 2.05) is 58.0 Å². The van der Waals surface area contributed by atoms with Gasteiger partial charge < -0.3 is 18.9 Å². The molecule has 190 valence electrons. The number of pyridine rings is 1. The first-order valence-electron chi connectivity index (χ1n) is 11.4. The summed E-state index contributed by atoms with van der Waals surface area (Å²) in [6.07, 6.45) is 1.05. The van der Waals surface area contributed by atoms with Crippen LogP contribution in [-0.2, 0) is 16.0 Å². The van der Waals surface area contributed by atoms with Crippen molar-refractivity contribution >= 4 is 17.7 Å². The number of esters is 1. The molecule has 3 aromatic rings. The third-order valence-electron chi connectivity index (χ3n) is 5.31. The number of aryl methyl sites for hydroxylation is 1. The van der Waals surface area contributed by atoms with E-state index in [0.29, 0.717) is 34.0 Å². The van der Waals surface area contributed by atoms with E-state index in [1.54, 1.807) is 31.5 Å². The zero-order valence-electron chi connectivity index (χ0n) is 21.7. The summed E-state index contributed by atoms with van der Waals surface area (Å²) in [4.78, 5) is 31.8. The van der Waals surface area contributed by atoms with Crippen LogP contribution in [0.5, 0.6) is 11.5 Å². The van der Waals surface area contributed by atoms with Gasteiger partial charge in [0.1, 0.15) is 11.3 Å². The quantitative estimate of drug-likeness (QED) is 0.385. The van der Waals surface area contributed by atoms with Crippen molar-refractivity contribution in [1.82, 2.24) is 4.98 Å². The van der Waals surface area contributed by atoms with Gasteiger partial charge >= 0.3 is 12.1 Å². The van der Waals surface area contributed by atoms with Gasteiger partial charge in [0.2, 0.25) is 0 Å². The average molecular weight is 493 g/mol. The lowest BCUT2D eigenvalue weighted by molar-refractivity contribution is 0.0573. The molecule has 3 rings (SSSR count). The number of benzene rings is 2. The van der Waals surface area contributed by atoms with Gasteiger partial charge in [-0.25, -0.2) is 9.59 Å². The molecule has 0 aliphatic carbocycles. The van der Waals surface area contributed by atoms with Gasteiger partial charge in [-0.1, -0.05) is 24.3 Å². The van der Waals surface area contributed by atoms with Crippen molar-refractivity contribution < 1.29 is 28.5 Å². The van der Waals surface area contributed by atoms with Crippen LogP contribution in [0.2, 0.25) is 0 Å². The molecule has 0 saturated carbocycles. The fourth-order valence-corrected chi connectivity index (χ4v) is 3.79. The maximum atomic E-state index is 13.4. The average Bonchev–Trinajstić information content (AvgIpc) is 2.84. The number of anilines is 1. The summed E-state index contributed by atoms with van der Waals surface area (Å²) in [6.45, 7) is 7.41. The van der Waals surface area contributed by atoms with E-state index in [0.717, 1.165) is 11.1 Å². The minimum atomic E-state index is -0.717. The molecular formula is C28H32N2O6. The van der Waals surface area contributed by atoms with Crippen LogP contribution in [0.1, 0.15) is 42.4 Å². The van der Waals surface area contributed by atoms with Crippen LogP contribution in [-0.4, -0.2) is 44.0 Å². The molecule has 0 aliphatic heterocycles. The smallest absolute Gasteiger partial charge is 0.415 e. The maximum Gasteiger partial charge on any atom is 0.415 e. The lowest BCUT2D eigenvalue weighted by Gasteiger charge is -2.28. The molecule has 8 nitrogen and oxygen atoms in total. The van der Waals surface area contributed by atoms with E-state index < -0.39 is 17.7 Å². The standard InChI is InChI=1S/C28H32N2O6/c1-18-14-19(21-10-8-9-11-22(21)26(31)35-7)16-20(15-18)30(27(32)36-28(2,3)4)17-23-25(34-6)24(33-5)12-13-29-23/h8-16H,17H2,1-7H3. The Bertz CT molecular complexity index is 1250. The largest absolute Gasteiger partial charge is 0.493 e. The second-order valence-electron chi connectivity index (χ2n) is 9.15. The SMILES string of the molecule is COC(=O)c1ccccc1-c1cc(C)cc(N(Cc2nccc(OC)c2OC)C(=O)OC(C)(C)C)c1. The molecule has 8 heteroatoms. The van der Waals surface area contributed by atoms with Crippen molar-refractivity contribution in [1.29, 1.82) is 0 Å². The Morgan fingerprint density at radius 2 is 1.69 bits per heavy atom. The van der Waals surface area contributed by atoms with Gasteiger partial charge in [-0.2, -0.15) is 0 Å². The summed E-state index contributed by atoms with van der Waals surface area (Å²) >= 11 is 0. The Kier molecular flexibility index (Phi) is 8.19. The number of ether oxygens (including phenoxy) is 4. The van der Waals surface area contributed by atoms with Gasteiger partial charge in [0.25, 0.3) is 0 Å². The topological polar surface area (TPSA) is 87.2 Å². The van der Waals surface area contributed by atoms with E-state index >= 15 is 0 Å². The Morgan fingerprint density at radius 3 is 2.33 bits per heavy atom. The molecule has 0 atom stereocenters. The Morgan fingerprint density at radius 1 is 0.972 bits per heavy atom. The van der Waals surface area contributed by atoms with Crippen LogP contribution in [0.25, 0.3) is 11.1 Å². The summed E-state index contributed by atoms with van der Waals surface area (Å²) in [5.74, 6) is 0.490. The molecule has 1 aromatic heterocycles. The van der Waals surface area contributed by atoms with Gasteiger partial charge in [-0.05, 0) is 62.6 Å². The number of hydrogen-bond acceptors (Lipinski definition) is 7. The minimum Gasteiger partial charge on any atom is -0.493 e. The third kappa shape index (κ3) is 6.13. The van der Waals surface area contributed by atoms with Gasteiger partial charge in [-0.15, -0.1) is 0 Å². The number of nitrogens with zero attached hydrogens (tertiary/aromatic N) is 2. The molecule has 0 aliphatic rings. The minimum absolute atomic E-state index is 0.0663. The number of carbonyl (C=O) groups excluding carboxylic acids is 2. The third-order valence-corrected chi connectivity index (χ3v) is 5.31. The van der Waals surface area contributed by atoms with Gasteiger partial charge in [0, 0.05) is 18.0 Å². The molecule has 1 amide bonds. The van der Waals surface area contributed by atoms with Crippen molar-refractivity contribution in [2.75, 3.05) is 26.2 Å². The van der Waals surface area contributed by atoms with Crippen LogP contribution in [0.15, 0.2) is 54.7 Å². The van der Waals surface area contributed by atoms with E-state index in [-0.39, 0.29) is 6.54 Å². The summed E-state index contributed by atoms with van der Waals surface area (Å²) in [5.41, 5.74) is 3.12. The highest BCUT2D eigenvalue weighted by Gasteiger charge is 2.27. The van der Waals surface area contributed by atoms with Gasteiger partial charge in [-0.3, -0.25) is 9.88 Å². The normalized spacial score (nSPS) is 11.0. The highest BCUT2D eigenvalue weighted by Crippen LogP contribution is 2.34. The molecule has 0 bridgehead atoms. The van der Waals surface area contributed by atoms with E-state index in [9.17, 15) is 9.59 Å². The summed E-state index contributed by atoms with van der Waals surface area (Å²) in [7, 11) is 4.41. The van der Waals surface area contributed by atoms with Gasteiger partial charge in [0.15, 0.2) is 11.5 Å². The highest BCUT2D eigenvalue weighted by atomic mass is 16.6. The zero-order chi connectivity index (χ0) is 26.5. The summed E-state index contributed by atoms with van der Waals surface area (Å²) in [6, 6.07) is 14.5. The molecule has 0 spiro atoms. The number of rotatable bonds is 7.